The van der Waals surface area contributed by atoms with E-state index < -0.39 is 22.5 Å². The minimum Gasteiger partial charge on any atom is -0.497 e. The standard InChI is InChI=1S/C17H18ClNO7S/c1-24-11-4-6-12(7-5-11)27(22,23)19(10-17(20)21)14-9-15(25-2)13(18)8-16(14)26-3/h4-9H,10H2,1-3H3,(H,20,21). The number of carboxylic acids is 1. The highest BCUT2D eigenvalue weighted by molar-refractivity contribution is 7.92. The van der Waals surface area contributed by atoms with Gasteiger partial charge in [-0.25, -0.2) is 8.42 Å². The molecule has 0 amide bonds. The fourth-order valence-corrected chi connectivity index (χ4v) is 3.98. The maximum atomic E-state index is 13.1. The molecule has 10 heteroatoms. The van der Waals surface area contributed by atoms with Gasteiger partial charge >= 0.3 is 5.97 Å². The van der Waals surface area contributed by atoms with Crippen molar-refractivity contribution in [2.45, 2.75) is 4.90 Å². The third-order valence-electron chi connectivity index (χ3n) is 3.65. The topological polar surface area (TPSA) is 102 Å². The van der Waals surface area contributed by atoms with E-state index in [4.69, 9.17) is 25.8 Å². The van der Waals surface area contributed by atoms with Crippen molar-refractivity contribution in [2.24, 2.45) is 0 Å². The number of nitrogens with zero attached hydrogens (tertiary/aromatic N) is 1. The van der Waals surface area contributed by atoms with E-state index in [0.29, 0.717) is 5.75 Å². The fraction of sp³-hybridized carbons (Fsp3) is 0.235. The second-order valence-corrected chi connectivity index (χ2v) is 7.51. The van der Waals surface area contributed by atoms with Crippen molar-refractivity contribution in [2.75, 3.05) is 32.2 Å². The highest BCUT2D eigenvalue weighted by Gasteiger charge is 2.30. The Balaban J connectivity index is 2.66. The van der Waals surface area contributed by atoms with Crippen molar-refractivity contribution in [1.82, 2.24) is 0 Å². The van der Waals surface area contributed by atoms with E-state index in [1.54, 1.807) is 0 Å². The minimum atomic E-state index is -4.23. The zero-order chi connectivity index (χ0) is 20.2. The first-order valence-electron chi connectivity index (χ1n) is 7.54. The molecule has 0 saturated carbocycles. The molecule has 0 atom stereocenters. The number of benzene rings is 2. The zero-order valence-corrected chi connectivity index (χ0v) is 16.4. The maximum absolute atomic E-state index is 13.1. The van der Waals surface area contributed by atoms with Gasteiger partial charge in [0.05, 0.1) is 36.9 Å². The number of halogens is 1. The molecule has 1 N–H and O–H groups in total. The van der Waals surface area contributed by atoms with Crippen LogP contribution in [-0.2, 0) is 14.8 Å². The van der Waals surface area contributed by atoms with Gasteiger partial charge < -0.3 is 19.3 Å². The number of carboxylic acid groups (broad SMARTS) is 1. The Kier molecular flexibility index (Phi) is 6.40. The van der Waals surface area contributed by atoms with Crippen LogP contribution in [0.4, 0.5) is 5.69 Å². The smallest absolute Gasteiger partial charge is 0.324 e. The van der Waals surface area contributed by atoms with Gasteiger partial charge in [-0.1, -0.05) is 11.6 Å². The summed E-state index contributed by atoms with van der Waals surface area (Å²) in [6.07, 6.45) is 0. The molecule has 2 rings (SSSR count). The lowest BCUT2D eigenvalue weighted by molar-refractivity contribution is -0.135. The quantitative estimate of drug-likeness (QED) is 0.706. The fourth-order valence-electron chi connectivity index (χ4n) is 2.34. The highest BCUT2D eigenvalue weighted by atomic mass is 35.5. The lowest BCUT2D eigenvalue weighted by Crippen LogP contribution is -2.36. The van der Waals surface area contributed by atoms with Crippen LogP contribution in [0.1, 0.15) is 0 Å². The van der Waals surface area contributed by atoms with Gasteiger partial charge in [0.1, 0.15) is 23.8 Å². The molecule has 0 bridgehead atoms. The number of methoxy groups -OCH3 is 3. The van der Waals surface area contributed by atoms with Gasteiger partial charge in [-0.3, -0.25) is 9.10 Å². The van der Waals surface area contributed by atoms with E-state index in [1.807, 2.05) is 0 Å². The van der Waals surface area contributed by atoms with Crippen LogP contribution in [0, 0.1) is 0 Å². The molecule has 0 aliphatic rings. The molecular weight excluding hydrogens is 398 g/mol. The molecule has 0 radical (unpaired) electrons. The molecule has 0 aromatic heterocycles. The molecule has 0 aliphatic carbocycles. The predicted molar refractivity (Wildman–Crippen MR) is 99.7 cm³/mol. The molecule has 0 heterocycles. The average molecular weight is 416 g/mol. The zero-order valence-electron chi connectivity index (χ0n) is 14.8. The van der Waals surface area contributed by atoms with Crippen LogP contribution in [0.5, 0.6) is 17.2 Å². The van der Waals surface area contributed by atoms with Crippen LogP contribution in [0.15, 0.2) is 41.3 Å². The van der Waals surface area contributed by atoms with Crippen molar-refractivity contribution >= 4 is 33.3 Å². The summed E-state index contributed by atoms with van der Waals surface area (Å²) < 4.78 is 42.3. The largest absolute Gasteiger partial charge is 0.497 e. The molecule has 0 unspecified atom stereocenters. The Labute approximate surface area is 161 Å². The molecule has 2 aromatic rings. The van der Waals surface area contributed by atoms with Gasteiger partial charge in [0.25, 0.3) is 10.0 Å². The highest BCUT2D eigenvalue weighted by Crippen LogP contribution is 2.40. The lowest BCUT2D eigenvalue weighted by Gasteiger charge is -2.25. The van der Waals surface area contributed by atoms with Gasteiger partial charge in [-0.2, -0.15) is 0 Å². The van der Waals surface area contributed by atoms with E-state index in [1.165, 1.54) is 57.7 Å². The first-order valence-corrected chi connectivity index (χ1v) is 9.36. The average Bonchev–Trinajstić information content (AvgIpc) is 2.65. The summed E-state index contributed by atoms with van der Waals surface area (Å²) in [6, 6.07) is 8.24. The summed E-state index contributed by atoms with van der Waals surface area (Å²) in [6.45, 7) is -0.824. The van der Waals surface area contributed by atoms with E-state index >= 15 is 0 Å². The van der Waals surface area contributed by atoms with Crippen LogP contribution in [-0.4, -0.2) is 47.4 Å². The number of hydrogen-bond donors (Lipinski definition) is 1. The van der Waals surface area contributed by atoms with E-state index in [2.05, 4.69) is 0 Å². The van der Waals surface area contributed by atoms with Gasteiger partial charge in [0, 0.05) is 12.1 Å². The number of anilines is 1. The summed E-state index contributed by atoms with van der Waals surface area (Å²) >= 11 is 6.05. The third kappa shape index (κ3) is 4.37. The summed E-state index contributed by atoms with van der Waals surface area (Å²) in [5.74, 6) is -0.626. The summed E-state index contributed by atoms with van der Waals surface area (Å²) in [5, 5.41) is 9.45. The maximum Gasteiger partial charge on any atom is 0.324 e. The molecule has 2 aromatic carbocycles. The first-order chi connectivity index (χ1) is 12.7. The molecule has 27 heavy (non-hydrogen) atoms. The van der Waals surface area contributed by atoms with Gasteiger partial charge in [-0.05, 0) is 24.3 Å². The molecule has 8 nitrogen and oxygen atoms in total. The number of ether oxygens (including phenoxy) is 3. The van der Waals surface area contributed by atoms with Crippen LogP contribution >= 0.6 is 11.6 Å². The van der Waals surface area contributed by atoms with Crippen LogP contribution in [0.25, 0.3) is 0 Å². The van der Waals surface area contributed by atoms with Crippen molar-refractivity contribution in [3.8, 4) is 17.2 Å². The molecule has 0 fully saturated rings. The molecule has 0 saturated heterocycles. The Bertz CT molecular complexity index is 929. The first kappa shape index (κ1) is 20.7. The van der Waals surface area contributed by atoms with E-state index in [9.17, 15) is 18.3 Å². The Hall–Kier alpha value is -2.65. The SMILES string of the molecule is COc1ccc(S(=O)(=O)N(CC(=O)O)c2cc(OC)c(Cl)cc2OC)cc1. The summed E-state index contributed by atoms with van der Waals surface area (Å²) in [5.41, 5.74) is -0.0167. The van der Waals surface area contributed by atoms with Crippen molar-refractivity contribution in [1.29, 1.82) is 0 Å². The van der Waals surface area contributed by atoms with Crippen molar-refractivity contribution in [3.05, 3.63) is 41.4 Å². The molecular formula is C17H18ClNO7S. The van der Waals surface area contributed by atoms with Crippen LogP contribution in [0.3, 0.4) is 0 Å². The molecule has 146 valence electrons. The number of sulfonamides is 1. The molecule has 0 aliphatic heterocycles. The predicted octanol–water partition coefficient (Wildman–Crippen LogP) is 2.65. The normalized spacial score (nSPS) is 11.0. The number of hydrogen-bond acceptors (Lipinski definition) is 6. The summed E-state index contributed by atoms with van der Waals surface area (Å²) in [7, 11) is -0.0987. The molecule has 0 spiro atoms. The van der Waals surface area contributed by atoms with Crippen molar-refractivity contribution in [3.63, 3.8) is 0 Å². The second kappa shape index (κ2) is 8.36. The Morgan fingerprint density at radius 1 is 1.04 bits per heavy atom. The third-order valence-corrected chi connectivity index (χ3v) is 5.72. The lowest BCUT2D eigenvalue weighted by atomic mass is 10.2. The Morgan fingerprint density at radius 2 is 1.63 bits per heavy atom. The van der Waals surface area contributed by atoms with Gasteiger partial charge in [0.15, 0.2) is 0 Å². The van der Waals surface area contributed by atoms with Crippen LogP contribution in [0.2, 0.25) is 5.02 Å². The van der Waals surface area contributed by atoms with Crippen LogP contribution < -0.4 is 18.5 Å². The number of rotatable bonds is 8. The van der Waals surface area contributed by atoms with Crippen molar-refractivity contribution < 1.29 is 32.5 Å². The second-order valence-electron chi connectivity index (χ2n) is 5.24. The summed E-state index contributed by atoms with van der Waals surface area (Å²) in [4.78, 5) is 11.2. The van der Waals surface area contributed by atoms with Gasteiger partial charge in [0.2, 0.25) is 0 Å². The van der Waals surface area contributed by atoms with E-state index in [0.717, 1.165) is 4.31 Å². The number of aliphatic carboxylic acids is 1. The monoisotopic (exact) mass is 415 g/mol. The number of carbonyl (C=O) groups is 1. The minimum absolute atomic E-state index is 0.0167. The van der Waals surface area contributed by atoms with Gasteiger partial charge in [-0.15, -0.1) is 0 Å². The Morgan fingerprint density at radius 3 is 2.11 bits per heavy atom. The van der Waals surface area contributed by atoms with E-state index in [-0.39, 0.29) is 27.1 Å².